The molecule has 2 amide bonds. The van der Waals surface area contributed by atoms with E-state index in [1.807, 2.05) is 46.2 Å². The minimum atomic E-state index is -0.257. The second-order valence-corrected chi connectivity index (χ2v) is 9.66. The Morgan fingerprint density at radius 1 is 0.806 bits per heavy atom. The molecule has 6 heteroatoms. The molecule has 0 N–H and O–H groups in total. The topological polar surface area (TPSA) is 53.1 Å². The van der Waals surface area contributed by atoms with Crippen LogP contribution in [-0.2, 0) is 4.79 Å². The maximum atomic E-state index is 13.8. The first kappa shape index (κ1) is 23.9. The second-order valence-electron chi connectivity index (χ2n) is 9.66. The number of para-hydroxylation sites is 1. The zero-order valence-corrected chi connectivity index (χ0v) is 21.0. The largest absolute Gasteiger partial charge is 0.497 e. The fraction of sp³-hybridized carbons (Fsp3) is 0.333. The molecule has 2 aliphatic heterocycles. The molecular formula is C30H33N3O3. The quantitative estimate of drug-likeness (QED) is 0.546. The number of aryl methyl sites for hydroxylation is 1. The number of carbonyl (C=O) groups is 2. The van der Waals surface area contributed by atoms with Gasteiger partial charge in [0, 0.05) is 56.4 Å². The van der Waals surface area contributed by atoms with Crippen molar-refractivity contribution in [3.05, 3.63) is 95.6 Å². The Morgan fingerprint density at radius 2 is 1.53 bits per heavy atom. The smallest absolute Gasteiger partial charge is 0.254 e. The molecule has 5 rings (SSSR count). The number of ether oxygens (including phenoxy) is 1. The van der Waals surface area contributed by atoms with Crippen LogP contribution in [0.2, 0.25) is 0 Å². The van der Waals surface area contributed by atoms with Crippen molar-refractivity contribution in [3.8, 4) is 5.75 Å². The van der Waals surface area contributed by atoms with Gasteiger partial charge in [0.05, 0.1) is 13.0 Å². The zero-order chi connectivity index (χ0) is 25.1. The molecule has 3 aromatic rings. The normalized spacial score (nSPS) is 19.9. The number of hydrogen-bond acceptors (Lipinski definition) is 4. The Hall–Kier alpha value is -3.80. The van der Waals surface area contributed by atoms with E-state index in [1.165, 1.54) is 11.3 Å². The minimum Gasteiger partial charge on any atom is -0.497 e. The fourth-order valence-electron chi connectivity index (χ4n) is 5.52. The van der Waals surface area contributed by atoms with Crippen molar-refractivity contribution in [1.82, 2.24) is 9.80 Å². The van der Waals surface area contributed by atoms with Gasteiger partial charge < -0.3 is 19.4 Å². The van der Waals surface area contributed by atoms with E-state index in [1.54, 1.807) is 13.2 Å². The first-order chi connectivity index (χ1) is 17.5. The molecule has 0 saturated carbocycles. The molecule has 2 heterocycles. The van der Waals surface area contributed by atoms with Crippen LogP contribution in [0.5, 0.6) is 5.75 Å². The maximum absolute atomic E-state index is 13.8. The zero-order valence-electron chi connectivity index (χ0n) is 21.0. The average molecular weight is 484 g/mol. The molecule has 6 nitrogen and oxygen atoms in total. The SMILES string of the molecule is COc1cccc(C(=O)N2CC(C(=O)N3CCN(c4ccccc4C)CC3)C(c3ccccc3)C2)c1. The van der Waals surface area contributed by atoms with E-state index in [-0.39, 0.29) is 23.7 Å². The molecule has 36 heavy (non-hydrogen) atoms. The van der Waals surface area contributed by atoms with Crippen molar-refractivity contribution in [1.29, 1.82) is 0 Å². The summed E-state index contributed by atoms with van der Waals surface area (Å²) in [7, 11) is 1.60. The van der Waals surface area contributed by atoms with E-state index in [0.29, 0.717) is 37.5 Å². The van der Waals surface area contributed by atoms with Crippen LogP contribution in [0.25, 0.3) is 0 Å². The van der Waals surface area contributed by atoms with Crippen LogP contribution in [0, 0.1) is 12.8 Å². The van der Waals surface area contributed by atoms with Crippen LogP contribution in [0.1, 0.15) is 27.4 Å². The van der Waals surface area contributed by atoms with Crippen molar-refractivity contribution < 1.29 is 14.3 Å². The van der Waals surface area contributed by atoms with Crippen LogP contribution < -0.4 is 9.64 Å². The summed E-state index contributed by atoms with van der Waals surface area (Å²) in [4.78, 5) is 33.4. The summed E-state index contributed by atoms with van der Waals surface area (Å²) in [6, 6.07) is 25.8. The summed E-state index contributed by atoms with van der Waals surface area (Å²) < 4.78 is 5.31. The third-order valence-corrected chi connectivity index (χ3v) is 7.52. The lowest BCUT2D eigenvalue weighted by Crippen LogP contribution is -2.51. The highest BCUT2D eigenvalue weighted by Gasteiger charge is 2.42. The molecule has 0 aromatic heterocycles. The number of hydrogen-bond donors (Lipinski definition) is 0. The van der Waals surface area contributed by atoms with E-state index in [0.717, 1.165) is 18.7 Å². The van der Waals surface area contributed by atoms with Gasteiger partial charge in [0.15, 0.2) is 0 Å². The lowest BCUT2D eigenvalue weighted by atomic mass is 9.88. The number of benzene rings is 3. The minimum absolute atomic E-state index is 0.0253. The number of piperazine rings is 1. The van der Waals surface area contributed by atoms with E-state index < -0.39 is 0 Å². The Morgan fingerprint density at radius 3 is 2.25 bits per heavy atom. The molecule has 2 aliphatic rings. The van der Waals surface area contributed by atoms with E-state index in [9.17, 15) is 9.59 Å². The third-order valence-electron chi connectivity index (χ3n) is 7.52. The van der Waals surface area contributed by atoms with Crippen LogP contribution >= 0.6 is 0 Å². The highest BCUT2D eigenvalue weighted by Crippen LogP contribution is 2.35. The fourth-order valence-corrected chi connectivity index (χ4v) is 5.52. The highest BCUT2D eigenvalue weighted by atomic mass is 16.5. The lowest BCUT2D eigenvalue weighted by molar-refractivity contribution is -0.135. The van der Waals surface area contributed by atoms with Gasteiger partial charge in [0.25, 0.3) is 5.91 Å². The Labute approximate surface area is 213 Å². The van der Waals surface area contributed by atoms with E-state index in [4.69, 9.17) is 4.74 Å². The van der Waals surface area contributed by atoms with Crippen molar-refractivity contribution in [3.63, 3.8) is 0 Å². The van der Waals surface area contributed by atoms with Gasteiger partial charge in [0.1, 0.15) is 5.75 Å². The number of amides is 2. The summed E-state index contributed by atoms with van der Waals surface area (Å²) in [6.07, 6.45) is 0. The summed E-state index contributed by atoms with van der Waals surface area (Å²) in [5.74, 6) is 0.456. The number of carbonyl (C=O) groups excluding carboxylic acids is 2. The summed E-state index contributed by atoms with van der Waals surface area (Å²) >= 11 is 0. The van der Waals surface area contributed by atoms with Crippen LogP contribution in [0.3, 0.4) is 0 Å². The predicted molar refractivity (Wildman–Crippen MR) is 142 cm³/mol. The second kappa shape index (κ2) is 10.4. The van der Waals surface area contributed by atoms with Gasteiger partial charge in [-0.15, -0.1) is 0 Å². The maximum Gasteiger partial charge on any atom is 0.254 e. The van der Waals surface area contributed by atoms with Crippen LogP contribution in [0.15, 0.2) is 78.9 Å². The van der Waals surface area contributed by atoms with Gasteiger partial charge in [-0.2, -0.15) is 0 Å². The van der Waals surface area contributed by atoms with Crippen molar-refractivity contribution >= 4 is 17.5 Å². The first-order valence-corrected chi connectivity index (χ1v) is 12.6. The molecule has 2 atom stereocenters. The Balaban J connectivity index is 1.33. The molecule has 0 spiro atoms. The summed E-state index contributed by atoms with van der Waals surface area (Å²) in [5.41, 5.74) is 4.18. The van der Waals surface area contributed by atoms with Gasteiger partial charge in [-0.25, -0.2) is 0 Å². The molecule has 186 valence electrons. The molecular weight excluding hydrogens is 450 g/mol. The van der Waals surface area contributed by atoms with Crippen molar-refractivity contribution in [2.45, 2.75) is 12.8 Å². The lowest BCUT2D eigenvalue weighted by Gasteiger charge is -2.38. The van der Waals surface area contributed by atoms with Crippen LogP contribution in [-0.4, -0.2) is 68.0 Å². The molecule has 0 bridgehead atoms. The number of nitrogens with zero attached hydrogens (tertiary/aromatic N) is 3. The summed E-state index contributed by atoms with van der Waals surface area (Å²) in [6.45, 7) is 6.08. The van der Waals surface area contributed by atoms with Crippen molar-refractivity contribution in [2.24, 2.45) is 5.92 Å². The van der Waals surface area contributed by atoms with E-state index in [2.05, 4.69) is 48.2 Å². The molecule has 0 radical (unpaired) electrons. The van der Waals surface area contributed by atoms with E-state index >= 15 is 0 Å². The molecule has 0 aliphatic carbocycles. The molecule has 2 saturated heterocycles. The average Bonchev–Trinajstić information content (AvgIpc) is 3.39. The van der Waals surface area contributed by atoms with Gasteiger partial charge in [-0.1, -0.05) is 54.6 Å². The molecule has 2 unspecified atom stereocenters. The number of anilines is 1. The Kier molecular flexibility index (Phi) is 6.94. The molecule has 3 aromatic carbocycles. The highest BCUT2D eigenvalue weighted by molar-refractivity contribution is 5.95. The standard InChI is InChI=1S/C30H33N3O3/c1-22-9-6-7-14-28(22)31-15-17-32(18-16-31)30(35)27-21-33(20-26(27)23-10-4-3-5-11-23)29(34)24-12-8-13-25(19-24)36-2/h3-14,19,26-27H,15-18,20-21H2,1-2H3. The third kappa shape index (κ3) is 4.81. The number of rotatable bonds is 5. The Bertz CT molecular complexity index is 1220. The van der Waals surface area contributed by atoms with Gasteiger partial charge >= 0.3 is 0 Å². The monoisotopic (exact) mass is 483 g/mol. The van der Waals surface area contributed by atoms with Crippen LogP contribution in [0.4, 0.5) is 5.69 Å². The molecule has 2 fully saturated rings. The summed E-state index contributed by atoms with van der Waals surface area (Å²) in [5, 5.41) is 0. The van der Waals surface area contributed by atoms with Gasteiger partial charge in [-0.05, 0) is 42.3 Å². The number of methoxy groups -OCH3 is 1. The predicted octanol–water partition coefficient (Wildman–Crippen LogP) is 4.21. The van der Waals surface area contributed by atoms with Gasteiger partial charge in [-0.3, -0.25) is 9.59 Å². The number of likely N-dealkylation sites (tertiary alicyclic amines) is 1. The first-order valence-electron chi connectivity index (χ1n) is 12.6. The van der Waals surface area contributed by atoms with Gasteiger partial charge in [0.2, 0.25) is 5.91 Å². The van der Waals surface area contributed by atoms with Crippen molar-refractivity contribution in [2.75, 3.05) is 51.3 Å².